The molecular weight excluding hydrogens is 465 g/mol. The van der Waals surface area contributed by atoms with E-state index in [1.54, 1.807) is 14.2 Å². The highest BCUT2D eigenvalue weighted by atomic mass is 19.1. The Bertz CT molecular complexity index is 1300. The van der Waals surface area contributed by atoms with Crippen LogP contribution < -0.4 is 20.2 Å². The molecule has 3 aromatic rings. The van der Waals surface area contributed by atoms with E-state index >= 15 is 0 Å². The maximum absolute atomic E-state index is 13.1. The van der Waals surface area contributed by atoms with E-state index in [1.807, 2.05) is 25.1 Å². The van der Waals surface area contributed by atoms with E-state index in [0.717, 1.165) is 17.5 Å². The van der Waals surface area contributed by atoms with Crippen molar-refractivity contribution in [1.29, 1.82) is 0 Å². The number of methoxy groups -OCH3 is 2. The van der Waals surface area contributed by atoms with Gasteiger partial charge in [0.05, 0.1) is 19.9 Å². The molecule has 0 saturated heterocycles. The standard InChI is InChI=1S/C27H28FN3O5/c1-16-24-20(30-31-26(32)18-8-10-19(28)11-9-18)5-4-6-22(24)36-25(16)27(33)29-14-13-17-7-12-21(34-2)23(15-17)35-3/h7-12,15H,4-6,13-14H2,1-3H3,(H,29,33)(H,31,32)/b30-20+. The maximum atomic E-state index is 13.1. The van der Waals surface area contributed by atoms with Gasteiger partial charge in [-0.25, -0.2) is 9.82 Å². The van der Waals surface area contributed by atoms with Crippen LogP contribution in [0, 0.1) is 12.7 Å². The zero-order valence-corrected chi connectivity index (χ0v) is 20.4. The van der Waals surface area contributed by atoms with E-state index in [-0.39, 0.29) is 11.7 Å². The van der Waals surface area contributed by atoms with E-state index in [9.17, 15) is 14.0 Å². The molecule has 188 valence electrons. The summed E-state index contributed by atoms with van der Waals surface area (Å²) in [5.74, 6) is 1.03. The second-order valence-corrected chi connectivity index (χ2v) is 8.41. The van der Waals surface area contributed by atoms with Crippen LogP contribution in [0.5, 0.6) is 11.5 Å². The number of carbonyl (C=O) groups excluding carboxylic acids is 2. The molecule has 4 rings (SSSR count). The number of hydrogen-bond acceptors (Lipinski definition) is 6. The van der Waals surface area contributed by atoms with Gasteiger partial charge in [-0.3, -0.25) is 9.59 Å². The summed E-state index contributed by atoms with van der Waals surface area (Å²) in [5, 5.41) is 7.21. The van der Waals surface area contributed by atoms with Gasteiger partial charge in [0.1, 0.15) is 11.6 Å². The number of hydrogen-bond donors (Lipinski definition) is 2. The van der Waals surface area contributed by atoms with E-state index in [0.29, 0.717) is 59.9 Å². The summed E-state index contributed by atoms with van der Waals surface area (Å²) >= 11 is 0. The molecule has 1 heterocycles. The third-order valence-corrected chi connectivity index (χ3v) is 6.08. The van der Waals surface area contributed by atoms with Crippen LogP contribution in [-0.4, -0.2) is 38.3 Å². The van der Waals surface area contributed by atoms with Crippen molar-refractivity contribution >= 4 is 17.5 Å². The summed E-state index contributed by atoms with van der Waals surface area (Å²) in [5.41, 5.74) is 5.92. The summed E-state index contributed by atoms with van der Waals surface area (Å²) in [7, 11) is 3.16. The van der Waals surface area contributed by atoms with Gasteiger partial charge in [0, 0.05) is 29.7 Å². The molecule has 1 aliphatic carbocycles. The molecule has 36 heavy (non-hydrogen) atoms. The third kappa shape index (κ3) is 5.40. The molecular formula is C27H28FN3O5. The zero-order chi connectivity index (χ0) is 25.7. The number of ether oxygens (including phenoxy) is 2. The fourth-order valence-corrected chi connectivity index (χ4v) is 4.22. The summed E-state index contributed by atoms with van der Waals surface area (Å²) < 4.78 is 29.6. The molecule has 0 saturated carbocycles. The van der Waals surface area contributed by atoms with Crippen LogP contribution >= 0.6 is 0 Å². The van der Waals surface area contributed by atoms with Crippen LogP contribution in [-0.2, 0) is 12.8 Å². The summed E-state index contributed by atoms with van der Waals surface area (Å²) in [6.45, 7) is 2.22. The Morgan fingerprint density at radius 3 is 2.50 bits per heavy atom. The Morgan fingerprint density at radius 2 is 1.78 bits per heavy atom. The number of hydrazone groups is 1. The van der Waals surface area contributed by atoms with Crippen LogP contribution in [0.2, 0.25) is 0 Å². The lowest BCUT2D eigenvalue weighted by molar-refractivity contribution is 0.0922. The minimum atomic E-state index is -0.441. The molecule has 8 nitrogen and oxygen atoms in total. The van der Waals surface area contributed by atoms with Crippen molar-refractivity contribution in [3.05, 3.63) is 82.1 Å². The number of nitrogens with one attached hydrogen (secondary N) is 2. The number of amides is 2. The molecule has 0 spiro atoms. The largest absolute Gasteiger partial charge is 0.493 e. The van der Waals surface area contributed by atoms with Crippen LogP contribution in [0.25, 0.3) is 0 Å². The third-order valence-electron chi connectivity index (χ3n) is 6.08. The van der Waals surface area contributed by atoms with Crippen LogP contribution in [0.1, 0.15) is 56.2 Å². The van der Waals surface area contributed by atoms with Crippen LogP contribution in [0.15, 0.2) is 52.0 Å². The van der Waals surface area contributed by atoms with E-state index in [2.05, 4.69) is 15.8 Å². The predicted octanol–water partition coefficient (Wildman–Crippen LogP) is 4.19. The van der Waals surface area contributed by atoms with Crippen molar-refractivity contribution in [2.75, 3.05) is 20.8 Å². The Kier molecular flexibility index (Phi) is 7.68. The van der Waals surface area contributed by atoms with Gasteiger partial charge in [0.25, 0.3) is 11.8 Å². The molecule has 1 aromatic heterocycles. The van der Waals surface area contributed by atoms with Crippen LogP contribution in [0.4, 0.5) is 4.39 Å². The van der Waals surface area contributed by atoms with Gasteiger partial charge in [0.2, 0.25) is 0 Å². The molecule has 1 aliphatic rings. The number of nitrogens with zero attached hydrogens (tertiary/aromatic N) is 1. The van der Waals surface area contributed by atoms with Crippen molar-refractivity contribution < 1.29 is 27.9 Å². The molecule has 0 radical (unpaired) electrons. The minimum absolute atomic E-state index is 0.242. The molecule has 0 bridgehead atoms. The normalized spacial score (nSPS) is 13.7. The summed E-state index contributed by atoms with van der Waals surface area (Å²) in [6, 6.07) is 10.9. The second-order valence-electron chi connectivity index (χ2n) is 8.41. The molecule has 0 unspecified atom stereocenters. The lowest BCUT2D eigenvalue weighted by atomic mass is 9.93. The zero-order valence-electron chi connectivity index (χ0n) is 20.4. The number of carbonyl (C=O) groups is 2. The van der Waals surface area contributed by atoms with Gasteiger partial charge in [-0.1, -0.05) is 6.07 Å². The summed E-state index contributed by atoms with van der Waals surface area (Å²) in [4.78, 5) is 25.3. The minimum Gasteiger partial charge on any atom is -0.493 e. The van der Waals surface area contributed by atoms with Gasteiger partial charge in [-0.05, 0) is 68.1 Å². The van der Waals surface area contributed by atoms with Crippen molar-refractivity contribution in [2.45, 2.75) is 32.6 Å². The monoisotopic (exact) mass is 493 g/mol. The van der Waals surface area contributed by atoms with E-state index in [4.69, 9.17) is 13.9 Å². The number of halogens is 1. The van der Waals surface area contributed by atoms with Gasteiger partial charge in [0.15, 0.2) is 17.3 Å². The van der Waals surface area contributed by atoms with Crippen molar-refractivity contribution in [3.63, 3.8) is 0 Å². The quantitative estimate of drug-likeness (QED) is 0.458. The van der Waals surface area contributed by atoms with Crippen molar-refractivity contribution in [1.82, 2.24) is 10.7 Å². The maximum Gasteiger partial charge on any atom is 0.287 e. The van der Waals surface area contributed by atoms with Crippen molar-refractivity contribution in [2.24, 2.45) is 5.10 Å². The van der Waals surface area contributed by atoms with E-state index in [1.165, 1.54) is 24.3 Å². The first-order valence-electron chi connectivity index (χ1n) is 11.7. The lowest BCUT2D eigenvalue weighted by Gasteiger charge is -2.13. The Morgan fingerprint density at radius 1 is 1.03 bits per heavy atom. The lowest BCUT2D eigenvalue weighted by Crippen LogP contribution is -2.26. The first-order chi connectivity index (χ1) is 17.4. The number of furan rings is 1. The molecule has 2 aromatic carbocycles. The van der Waals surface area contributed by atoms with Crippen molar-refractivity contribution in [3.8, 4) is 11.5 Å². The smallest absolute Gasteiger partial charge is 0.287 e. The van der Waals surface area contributed by atoms with Gasteiger partial charge >= 0.3 is 0 Å². The molecule has 2 amide bonds. The first kappa shape index (κ1) is 25.0. The Labute approximate surface area is 208 Å². The molecule has 0 fully saturated rings. The fraction of sp³-hybridized carbons (Fsp3) is 0.296. The number of fused-ring (bicyclic) bond motifs is 1. The average Bonchev–Trinajstić information content (AvgIpc) is 3.24. The highest BCUT2D eigenvalue weighted by molar-refractivity contribution is 6.07. The van der Waals surface area contributed by atoms with Gasteiger partial charge in [-0.2, -0.15) is 5.10 Å². The molecule has 0 atom stereocenters. The molecule has 2 N–H and O–H groups in total. The van der Waals surface area contributed by atoms with Gasteiger partial charge in [-0.15, -0.1) is 0 Å². The predicted molar refractivity (Wildman–Crippen MR) is 132 cm³/mol. The molecule has 9 heteroatoms. The SMILES string of the molecule is COc1ccc(CCNC(=O)c2oc3c(c2C)/C(=N/NC(=O)c2ccc(F)cc2)CCC3)cc1OC. The Hall–Kier alpha value is -4.14. The summed E-state index contributed by atoms with van der Waals surface area (Å²) in [6.07, 6.45) is 2.71. The Balaban J connectivity index is 1.43. The van der Waals surface area contributed by atoms with Gasteiger partial charge < -0.3 is 19.2 Å². The highest BCUT2D eigenvalue weighted by Crippen LogP contribution is 2.30. The highest BCUT2D eigenvalue weighted by Gasteiger charge is 2.28. The van der Waals surface area contributed by atoms with Crippen LogP contribution in [0.3, 0.4) is 0 Å². The molecule has 0 aliphatic heterocycles. The fourth-order valence-electron chi connectivity index (χ4n) is 4.22. The first-order valence-corrected chi connectivity index (χ1v) is 11.7. The topological polar surface area (TPSA) is 102 Å². The number of aryl methyl sites for hydroxylation is 1. The number of rotatable bonds is 8. The second kappa shape index (κ2) is 11.1. The average molecular weight is 494 g/mol. The van der Waals surface area contributed by atoms with E-state index < -0.39 is 11.7 Å². The number of benzene rings is 2.